The van der Waals surface area contributed by atoms with Crippen LogP contribution in [0.25, 0.3) is 0 Å². The summed E-state index contributed by atoms with van der Waals surface area (Å²) in [6.45, 7) is 3.22. The first kappa shape index (κ1) is 20.8. The van der Waals surface area contributed by atoms with Crippen molar-refractivity contribution in [3.05, 3.63) is 34.9 Å². The molecule has 156 valence electrons. The van der Waals surface area contributed by atoms with Gasteiger partial charge in [0.1, 0.15) is 0 Å². The summed E-state index contributed by atoms with van der Waals surface area (Å²) in [5, 5.41) is 0. The number of halogens is 3. The Hall–Kier alpha value is -2.91. The van der Waals surface area contributed by atoms with Gasteiger partial charge in [0.15, 0.2) is 0 Å². The van der Waals surface area contributed by atoms with E-state index in [2.05, 4.69) is 0 Å². The van der Waals surface area contributed by atoms with E-state index in [9.17, 15) is 32.3 Å². The van der Waals surface area contributed by atoms with E-state index in [0.29, 0.717) is 4.90 Å². The zero-order chi connectivity index (χ0) is 21.5. The Balaban J connectivity index is 1.77. The number of amides is 4. The smallest absolute Gasteiger partial charge is 0.337 e. The Kier molecular flexibility index (Phi) is 5.38. The summed E-state index contributed by atoms with van der Waals surface area (Å²) in [5.41, 5.74) is 0.530. The molecule has 0 atom stereocenters. The predicted octanol–water partition coefficient (Wildman–Crippen LogP) is 1.93. The molecule has 4 amide bonds. The van der Waals surface area contributed by atoms with E-state index in [0.717, 1.165) is 4.90 Å². The van der Waals surface area contributed by atoms with Gasteiger partial charge in [0.05, 0.1) is 11.1 Å². The third-order valence-electron chi connectivity index (χ3n) is 4.99. The number of fused-ring (bicyclic) bond motifs is 1. The van der Waals surface area contributed by atoms with Crippen molar-refractivity contribution in [3.63, 3.8) is 0 Å². The molecule has 0 N–H and O–H groups in total. The normalized spacial score (nSPS) is 17.7. The minimum atomic E-state index is -4.95. The fourth-order valence-corrected chi connectivity index (χ4v) is 3.55. The summed E-state index contributed by atoms with van der Waals surface area (Å²) < 4.78 is 37.9. The summed E-state index contributed by atoms with van der Waals surface area (Å²) in [7, 11) is 0. The van der Waals surface area contributed by atoms with Crippen LogP contribution in [0.3, 0.4) is 0 Å². The summed E-state index contributed by atoms with van der Waals surface area (Å²) >= 11 is 0. The SMILES string of the molecule is CC(C)N1C(=O)c2ccc(C(=O)N3CCCN(C(=O)C(F)(F)F)CC3)cc2C1=O. The Labute approximate surface area is 165 Å². The van der Waals surface area contributed by atoms with Gasteiger partial charge in [-0.1, -0.05) is 0 Å². The Morgan fingerprint density at radius 3 is 2.14 bits per heavy atom. The molecule has 2 aliphatic rings. The maximum Gasteiger partial charge on any atom is 0.471 e. The topological polar surface area (TPSA) is 78.0 Å². The maximum absolute atomic E-state index is 12.8. The van der Waals surface area contributed by atoms with Crippen molar-refractivity contribution in [2.24, 2.45) is 0 Å². The molecule has 1 saturated heterocycles. The highest BCUT2D eigenvalue weighted by Gasteiger charge is 2.43. The van der Waals surface area contributed by atoms with E-state index in [-0.39, 0.29) is 55.3 Å². The molecular weight excluding hydrogens is 391 g/mol. The Morgan fingerprint density at radius 1 is 0.931 bits per heavy atom. The van der Waals surface area contributed by atoms with Crippen LogP contribution in [0.15, 0.2) is 18.2 Å². The van der Waals surface area contributed by atoms with Gasteiger partial charge in [-0.05, 0) is 38.5 Å². The van der Waals surface area contributed by atoms with E-state index in [1.54, 1.807) is 13.8 Å². The highest BCUT2D eigenvalue weighted by molar-refractivity contribution is 6.22. The lowest BCUT2D eigenvalue weighted by molar-refractivity contribution is -0.185. The lowest BCUT2D eigenvalue weighted by Crippen LogP contribution is -2.43. The standard InChI is InChI=1S/C19H20F3N3O4/c1-11(2)25-16(27)13-5-4-12(10-14(13)17(25)28)15(26)23-6-3-7-24(9-8-23)18(29)19(20,21)22/h4-5,10-11H,3,6-9H2,1-2H3. The van der Waals surface area contributed by atoms with Gasteiger partial charge in [0.25, 0.3) is 17.7 Å². The Morgan fingerprint density at radius 2 is 1.52 bits per heavy atom. The number of carbonyl (C=O) groups is 4. The molecule has 0 aromatic heterocycles. The number of hydrogen-bond acceptors (Lipinski definition) is 4. The van der Waals surface area contributed by atoms with Crippen molar-refractivity contribution in [1.29, 1.82) is 0 Å². The molecule has 29 heavy (non-hydrogen) atoms. The third-order valence-corrected chi connectivity index (χ3v) is 4.99. The van der Waals surface area contributed by atoms with E-state index in [4.69, 9.17) is 0 Å². The Bertz CT molecular complexity index is 882. The lowest BCUT2D eigenvalue weighted by atomic mass is 10.0. The van der Waals surface area contributed by atoms with Crippen LogP contribution < -0.4 is 0 Å². The zero-order valence-corrected chi connectivity index (χ0v) is 16.0. The zero-order valence-electron chi connectivity index (χ0n) is 16.0. The number of benzene rings is 1. The molecule has 1 aromatic carbocycles. The number of alkyl halides is 3. The van der Waals surface area contributed by atoms with Crippen LogP contribution in [0.1, 0.15) is 51.3 Å². The molecule has 0 saturated carbocycles. The average Bonchev–Trinajstić information content (AvgIpc) is 2.81. The van der Waals surface area contributed by atoms with Gasteiger partial charge >= 0.3 is 12.1 Å². The van der Waals surface area contributed by atoms with E-state index in [1.807, 2.05) is 0 Å². The van der Waals surface area contributed by atoms with Gasteiger partial charge in [0.2, 0.25) is 0 Å². The number of rotatable bonds is 2. The molecule has 1 fully saturated rings. The molecule has 0 radical (unpaired) electrons. The monoisotopic (exact) mass is 411 g/mol. The predicted molar refractivity (Wildman–Crippen MR) is 95.2 cm³/mol. The van der Waals surface area contributed by atoms with Crippen molar-refractivity contribution in [2.75, 3.05) is 26.2 Å². The van der Waals surface area contributed by atoms with Crippen LogP contribution >= 0.6 is 0 Å². The first-order valence-corrected chi connectivity index (χ1v) is 9.19. The van der Waals surface area contributed by atoms with Gasteiger partial charge in [-0.2, -0.15) is 13.2 Å². The highest BCUT2D eigenvalue weighted by atomic mass is 19.4. The second kappa shape index (κ2) is 7.49. The van der Waals surface area contributed by atoms with Gasteiger partial charge in [0, 0.05) is 37.8 Å². The van der Waals surface area contributed by atoms with Crippen LogP contribution in [0, 0.1) is 0 Å². The van der Waals surface area contributed by atoms with Crippen molar-refractivity contribution in [1.82, 2.24) is 14.7 Å². The maximum atomic E-state index is 12.8. The van der Waals surface area contributed by atoms with E-state index < -0.39 is 29.8 Å². The molecule has 0 aliphatic carbocycles. The number of nitrogens with zero attached hydrogens (tertiary/aromatic N) is 3. The highest BCUT2D eigenvalue weighted by Crippen LogP contribution is 2.26. The molecule has 0 bridgehead atoms. The van der Waals surface area contributed by atoms with E-state index >= 15 is 0 Å². The molecule has 3 rings (SSSR count). The van der Waals surface area contributed by atoms with Gasteiger partial charge < -0.3 is 9.80 Å². The first-order valence-electron chi connectivity index (χ1n) is 9.19. The average molecular weight is 411 g/mol. The summed E-state index contributed by atoms with van der Waals surface area (Å²) in [6.07, 6.45) is -4.74. The van der Waals surface area contributed by atoms with Crippen molar-refractivity contribution in [2.45, 2.75) is 32.5 Å². The minimum Gasteiger partial charge on any atom is -0.337 e. The fraction of sp³-hybridized carbons (Fsp3) is 0.474. The number of carbonyl (C=O) groups excluding carboxylic acids is 4. The van der Waals surface area contributed by atoms with Crippen LogP contribution in [-0.2, 0) is 4.79 Å². The molecule has 7 nitrogen and oxygen atoms in total. The quantitative estimate of drug-likeness (QED) is 0.697. The summed E-state index contributed by atoms with van der Waals surface area (Å²) in [6, 6.07) is 3.87. The van der Waals surface area contributed by atoms with E-state index in [1.165, 1.54) is 23.1 Å². The molecule has 2 aliphatic heterocycles. The number of hydrogen-bond donors (Lipinski definition) is 0. The molecule has 0 unspecified atom stereocenters. The van der Waals surface area contributed by atoms with Crippen LogP contribution in [0.4, 0.5) is 13.2 Å². The van der Waals surface area contributed by atoms with Crippen LogP contribution in [0.2, 0.25) is 0 Å². The third kappa shape index (κ3) is 3.83. The second-order valence-electron chi connectivity index (χ2n) is 7.27. The molecular formula is C19H20F3N3O4. The molecule has 10 heteroatoms. The molecule has 0 spiro atoms. The summed E-state index contributed by atoms with van der Waals surface area (Å²) in [5.74, 6) is -3.28. The lowest BCUT2D eigenvalue weighted by Gasteiger charge is -2.23. The fourth-order valence-electron chi connectivity index (χ4n) is 3.55. The van der Waals surface area contributed by atoms with Gasteiger partial charge in [-0.25, -0.2) is 0 Å². The summed E-state index contributed by atoms with van der Waals surface area (Å²) in [4.78, 5) is 52.2. The molecule has 2 heterocycles. The minimum absolute atomic E-state index is 0.0528. The second-order valence-corrected chi connectivity index (χ2v) is 7.27. The van der Waals surface area contributed by atoms with Crippen molar-refractivity contribution >= 4 is 23.6 Å². The van der Waals surface area contributed by atoms with Gasteiger partial charge in [-0.15, -0.1) is 0 Å². The number of imide groups is 1. The van der Waals surface area contributed by atoms with Crippen LogP contribution in [-0.4, -0.2) is 76.7 Å². The van der Waals surface area contributed by atoms with Crippen LogP contribution in [0.5, 0.6) is 0 Å². The molecule has 1 aromatic rings. The van der Waals surface area contributed by atoms with Crippen molar-refractivity contribution < 1.29 is 32.3 Å². The first-order chi connectivity index (χ1) is 13.5. The van der Waals surface area contributed by atoms with Gasteiger partial charge in [-0.3, -0.25) is 24.1 Å². The largest absolute Gasteiger partial charge is 0.471 e. The van der Waals surface area contributed by atoms with Crippen molar-refractivity contribution in [3.8, 4) is 0 Å².